The van der Waals surface area contributed by atoms with Crippen molar-refractivity contribution in [3.63, 3.8) is 0 Å². The van der Waals surface area contributed by atoms with Gasteiger partial charge in [0.15, 0.2) is 10.1 Å². The Morgan fingerprint density at radius 2 is 2.04 bits per heavy atom. The summed E-state index contributed by atoms with van der Waals surface area (Å²) in [6.07, 6.45) is 4.16. The minimum absolute atomic E-state index is 0.0456. The lowest BCUT2D eigenvalue weighted by atomic mass is 10.0. The second kappa shape index (κ2) is 6.68. The van der Waals surface area contributed by atoms with Crippen molar-refractivity contribution < 1.29 is 9.53 Å². The van der Waals surface area contributed by atoms with Gasteiger partial charge in [0.05, 0.1) is 21.5 Å². The van der Waals surface area contributed by atoms with Gasteiger partial charge in [0.2, 0.25) is 0 Å². The molecule has 1 aliphatic carbocycles. The molecule has 0 amide bonds. The molecule has 0 radical (unpaired) electrons. The van der Waals surface area contributed by atoms with Crippen LogP contribution in [0.5, 0.6) is 0 Å². The number of nitrogens with zero attached hydrogens (tertiary/aromatic N) is 3. The lowest BCUT2D eigenvalue weighted by molar-refractivity contribution is 0.0468. The summed E-state index contributed by atoms with van der Waals surface area (Å²) >= 11 is 2.87. The molecule has 2 N–H and O–H groups in total. The fourth-order valence-corrected chi connectivity index (χ4v) is 5.51. The number of thiazole rings is 2. The molecule has 7 nitrogen and oxygen atoms in total. The maximum absolute atomic E-state index is 12.6. The minimum Gasteiger partial charge on any atom is -0.456 e. The molecule has 3 aromatic heterocycles. The second-order valence-corrected chi connectivity index (χ2v) is 8.82. The molecule has 0 fully saturated rings. The van der Waals surface area contributed by atoms with Crippen molar-refractivity contribution in [1.29, 1.82) is 0 Å². The number of esters is 1. The van der Waals surface area contributed by atoms with E-state index in [4.69, 9.17) is 10.5 Å². The zero-order chi connectivity index (χ0) is 19.3. The average Bonchev–Trinajstić information content (AvgIpc) is 3.24. The molecule has 0 saturated heterocycles. The fraction of sp³-hybridized carbons (Fsp3) is 0.263. The van der Waals surface area contributed by atoms with Crippen molar-refractivity contribution >= 4 is 49.0 Å². The molecular weight excluding hydrogens is 396 g/mol. The third-order valence-corrected chi connectivity index (χ3v) is 6.80. The van der Waals surface area contributed by atoms with E-state index in [9.17, 15) is 9.59 Å². The van der Waals surface area contributed by atoms with Gasteiger partial charge in [-0.3, -0.25) is 9.20 Å². The fourth-order valence-electron chi connectivity index (χ4n) is 3.51. The Balaban J connectivity index is 1.38. The molecular formula is C19H16N4O3S2. The van der Waals surface area contributed by atoms with Gasteiger partial charge in [-0.05, 0) is 43.9 Å². The van der Waals surface area contributed by atoms with Gasteiger partial charge >= 0.3 is 5.97 Å². The van der Waals surface area contributed by atoms with E-state index in [1.165, 1.54) is 22.3 Å². The summed E-state index contributed by atoms with van der Waals surface area (Å²) in [5.41, 5.74) is 8.30. The lowest BCUT2D eigenvalue weighted by Crippen LogP contribution is -2.18. The molecule has 0 saturated carbocycles. The van der Waals surface area contributed by atoms with Crippen LogP contribution >= 0.6 is 22.7 Å². The number of nitrogens with two attached hydrogens (primary N) is 1. The lowest BCUT2D eigenvalue weighted by Gasteiger charge is -2.10. The number of nitrogen functional groups attached to an aromatic ring is 1. The van der Waals surface area contributed by atoms with Crippen LogP contribution in [-0.2, 0) is 24.2 Å². The van der Waals surface area contributed by atoms with E-state index in [0.29, 0.717) is 21.3 Å². The number of carbonyl (C=O) groups is 1. The number of carbonyl (C=O) groups excluding carboxylic acids is 1. The maximum Gasteiger partial charge on any atom is 0.338 e. The zero-order valence-corrected chi connectivity index (χ0v) is 16.4. The largest absolute Gasteiger partial charge is 0.456 e. The predicted molar refractivity (Wildman–Crippen MR) is 109 cm³/mol. The summed E-state index contributed by atoms with van der Waals surface area (Å²) in [6.45, 7) is -0.0456. The van der Waals surface area contributed by atoms with Gasteiger partial charge in [0, 0.05) is 16.6 Å². The highest BCUT2D eigenvalue weighted by Gasteiger charge is 2.19. The van der Waals surface area contributed by atoms with Crippen molar-refractivity contribution in [2.75, 3.05) is 5.73 Å². The molecule has 3 heterocycles. The number of hydrogen-bond acceptors (Lipinski definition) is 8. The van der Waals surface area contributed by atoms with Crippen LogP contribution in [0.3, 0.4) is 0 Å². The van der Waals surface area contributed by atoms with Crippen LogP contribution in [0.4, 0.5) is 5.13 Å². The smallest absolute Gasteiger partial charge is 0.338 e. The van der Waals surface area contributed by atoms with E-state index in [-0.39, 0.29) is 12.2 Å². The van der Waals surface area contributed by atoms with Crippen LogP contribution in [0.15, 0.2) is 29.1 Å². The molecule has 0 atom stereocenters. The van der Waals surface area contributed by atoms with Crippen LogP contribution in [0.2, 0.25) is 0 Å². The van der Waals surface area contributed by atoms with Crippen molar-refractivity contribution in [3.05, 3.63) is 56.4 Å². The average molecular weight is 412 g/mol. The number of hydrogen-bond donors (Lipinski definition) is 1. The van der Waals surface area contributed by atoms with Crippen LogP contribution in [0.25, 0.3) is 15.2 Å². The number of ether oxygens (including phenoxy) is 1. The number of rotatable bonds is 3. The van der Waals surface area contributed by atoms with E-state index in [1.807, 2.05) is 0 Å². The Bertz CT molecular complexity index is 1290. The van der Waals surface area contributed by atoms with Gasteiger partial charge in [-0.15, -0.1) is 11.3 Å². The van der Waals surface area contributed by atoms with Crippen molar-refractivity contribution in [3.8, 4) is 0 Å². The topological polar surface area (TPSA) is 99.6 Å². The highest BCUT2D eigenvalue weighted by atomic mass is 32.1. The molecule has 0 unspecified atom stereocenters. The molecule has 28 heavy (non-hydrogen) atoms. The summed E-state index contributed by atoms with van der Waals surface area (Å²) in [4.78, 5) is 35.6. The third kappa shape index (κ3) is 2.96. The number of aromatic nitrogens is 3. The predicted octanol–water partition coefficient (Wildman–Crippen LogP) is 3.18. The van der Waals surface area contributed by atoms with E-state index < -0.39 is 5.97 Å². The highest BCUT2D eigenvalue weighted by Crippen LogP contribution is 2.28. The monoisotopic (exact) mass is 412 g/mol. The van der Waals surface area contributed by atoms with Crippen molar-refractivity contribution in [2.45, 2.75) is 32.3 Å². The first-order chi connectivity index (χ1) is 13.6. The Morgan fingerprint density at radius 3 is 2.93 bits per heavy atom. The van der Waals surface area contributed by atoms with E-state index in [2.05, 4.69) is 9.97 Å². The second-order valence-electron chi connectivity index (χ2n) is 6.69. The van der Waals surface area contributed by atoms with Gasteiger partial charge in [-0.2, -0.15) is 0 Å². The summed E-state index contributed by atoms with van der Waals surface area (Å²) in [5, 5.41) is 0.456. The molecule has 4 aromatic rings. The zero-order valence-electron chi connectivity index (χ0n) is 14.8. The number of benzene rings is 1. The molecule has 0 aliphatic heterocycles. The third-order valence-electron chi connectivity index (χ3n) is 4.81. The van der Waals surface area contributed by atoms with Crippen LogP contribution in [0.1, 0.15) is 39.5 Å². The summed E-state index contributed by atoms with van der Waals surface area (Å²) in [5.74, 6) is -0.471. The molecule has 5 rings (SSSR count). The summed E-state index contributed by atoms with van der Waals surface area (Å²) in [7, 11) is 0. The van der Waals surface area contributed by atoms with E-state index in [0.717, 1.165) is 41.6 Å². The molecule has 0 spiro atoms. The Kier molecular flexibility index (Phi) is 4.13. The van der Waals surface area contributed by atoms with Gasteiger partial charge < -0.3 is 10.5 Å². The Morgan fingerprint density at radius 1 is 1.18 bits per heavy atom. The number of aryl methyl sites for hydroxylation is 2. The quantitative estimate of drug-likeness (QED) is 0.519. The highest BCUT2D eigenvalue weighted by molar-refractivity contribution is 7.22. The van der Waals surface area contributed by atoms with Crippen molar-refractivity contribution in [2.24, 2.45) is 0 Å². The van der Waals surface area contributed by atoms with Gasteiger partial charge in [0.1, 0.15) is 6.61 Å². The molecule has 1 aromatic carbocycles. The van der Waals surface area contributed by atoms with E-state index >= 15 is 0 Å². The molecule has 0 bridgehead atoms. The maximum atomic E-state index is 12.6. The molecule has 1 aliphatic rings. The Hall–Kier alpha value is -2.78. The van der Waals surface area contributed by atoms with Gasteiger partial charge in [0.25, 0.3) is 5.56 Å². The van der Waals surface area contributed by atoms with Crippen LogP contribution in [0, 0.1) is 0 Å². The van der Waals surface area contributed by atoms with Crippen LogP contribution < -0.4 is 11.3 Å². The molecule has 9 heteroatoms. The normalized spacial score (nSPS) is 13.7. The van der Waals surface area contributed by atoms with Crippen molar-refractivity contribution in [1.82, 2.24) is 14.4 Å². The van der Waals surface area contributed by atoms with E-state index in [1.54, 1.807) is 33.9 Å². The van der Waals surface area contributed by atoms with Crippen LogP contribution in [-0.4, -0.2) is 20.3 Å². The first kappa shape index (κ1) is 17.3. The first-order valence-corrected chi connectivity index (χ1v) is 10.6. The standard InChI is InChI=1S/C19H16N4O3S2/c20-18-22-12-6-5-10(7-15(12)27-18)17(25)26-9-11-8-16(24)23-13-3-1-2-4-14(13)28-19(23)21-11/h5-8H,1-4,9H2,(H2,20,22). The summed E-state index contributed by atoms with van der Waals surface area (Å²) in [6, 6.07) is 6.56. The molecule has 142 valence electrons. The number of fused-ring (bicyclic) bond motifs is 4. The SMILES string of the molecule is Nc1nc2ccc(C(=O)OCc3cc(=O)n4c5c(sc4n3)CCCC5)cc2s1. The Labute approximate surface area is 167 Å². The minimum atomic E-state index is -0.471. The number of anilines is 1. The summed E-state index contributed by atoms with van der Waals surface area (Å²) < 4.78 is 7.91. The van der Waals surface area contributed by atoms with Gasteiger partial charge in [-0.25, -0.2) is 14.8 Å². The first-order valence-electron chi connectivity index (χ1n) is 8.95. The van der Waals surface area contributed by atoms with Gasteiger partial charge in [-0.1, -0.05) is 11.3 Å².